The largest absolute Gasteiger partial charge is 0.544 e. The van der Waals surface area contributed by atoms with Gasteiger partial charge in [-0.05, 0) is 42.2 Å². The fourth-order valence-corrected chi connectivity index (χ4v) is 2.74. The van der Waals surface area contributed by atoms with Crippen LogP contribution in [0.1, 0.15) is 46.1 Å². The van der Waals surface area contributed by atoms with Crippen LogP contribution in [0.15, 0.2) is 24.3 Å². The third kappa shape index (κ3) is 9.01. The van der Waals surface area contributed by atoms with E-state index in [4.69, 9.17) is 19.7 Å². The van der Waals surface area contributed by atoms with Crippen molar-refractivity contribution in [2.24, 2.45) is 0 Å². The second kappa shape index (κ2) is 10.3. The maximum atomic E-state index is 9.72. The van der Waals surface area contributed by atoms with E-state index in [0.717, 1.165) is 12.2 Å². The number of carboxylic acids is 2. The molecule has 7 heteroatoms. The topological polar surface area (TPSA) is 104 Å². The zero-order valence-electron chi connectivity index (χ0n) is 16.6. The molecule has 1 aromatic rings. The number of aliphatic carboxylic acids is 2. The predicted octanol–water partition coefficient (Wildman–Crippen LogP) is 3.93. The summed E-state index contributed by atoms with van der Waals surface area (Å²) in [6, 6.07) is 8.61. The van der Waals surface area contributed by atoms with Crippen LogP contribution in [-0.4, -0.2) is 41.7 Å². The molecule has 1 unspecified atom stereocenters. The van der Waals surface area contributed by atoms with Crippen LogP contribution in [0.4, 0.5) is 0 Å². The Kier molecular flexibility index (Phi) is 9.59. The van der Waals surface area contributed by atoms with Crippen molar-refractivity contribution in [3.8, 4) is 5.75 Å². The fourth-order valence-electron chi connectivity index (χ4n) is 1.71. The number of rotatable bonds is 7. The van der Waals surface area contributed by atoms with Crippen molar-refractivity contribution in [1.29, 1.82) is 0 Å². The molecule has 0 aliphatic carbocycles. The highest BCUT2D eigenvalue weighted by Crippen LogP contribution is 2.37. The Morgan fingerprint density at radius 1 is 1.12 bits per heavy atom. The Labute approximate surface area is 157 Å². The Morgan fingerprint density at radius 2 is 1.62 bits per heavy atom. The normalized spacial score (nSPS) is 12.6. The van der Waals surface area contributed by atoms with Gasteiger partial charge >= 0.3 is 11.9 Å². The molecule has 3 N–H and O–H groups in total. The first-order valence-corrected chi connectivity index (χ1v) is 11.6. The zero-order chi connectivity index (χ0) is 20.5. The van der Waals surface area contributed by atoms with Gasteiger partial charge in [-0.1, -0.05) is 46.2 Å². The Hall–Kier alpha value is -1.86. The summed E-state index contributed by atoms with van der Waals surface area (Å²) < 4.78 is 6.24. The van der Waals surface area contributed by atoms with Crippen LogP contribution in [-0.2, 0) is 16.0 Å². The fraction of sp³-hybridized carbons (Fsp3) is 0.579. The molecule has 0 heterocycles. The second-order valence-corrected chi connectivity index (χ2v) is 12.4. The summed E-state index contributed by atoms with van der Waals surface area (Å²) >= 11 is 0. The quantitative estimate of drug-likeness (QED) is 0.615. The van der Waals surface area contributed by atoms with Crippen molar-refractivity contribution in [3.63, 3.8) is 0 Å². The van der Waals surface area contributed by atoms with Gasteiger partial charge in [-0.15, -0.1) is 0 Å². The molecule has 1 atom stereocenters. The van der Waals surface area contributed by atoms with E-state index in [0.29, 0.717) is 0 Å². The molecule has 0 radical (unpaired) electrons. The van der Waals surface area contributed by atoms with Gasteiger partial charge in [0, 0.05) is 0 Å². The number of hydrogen-bond donors (Lipinski definition) is 3. The maximum Gasteiger partial charge on any atom is 0.333 e. The summed E-state index contributed by atoms with van der Waals surface area (Å²) in [5.74, 6) is -1.82. The minimum absolute atomic E-state index is 0.259. The van der Waals surface area contributed by atoms with Crippen molar-refractivity contribution < 1.29 is 29.3 Å². The number of benzene rings is 1. The van der Waals surface area contributed by atoms with Gasteiger partial charge in [0.15, 0.2) is 6.10 Å². The van der Waals surface area contributed by atoms with Gasteiger partial charge < -0.3 is 19.7 Å². The Morgan fingerprint density at radius 3 is 1.92 bits per heavy atom. The third-order valence-electron chi connectivity index (χ3n) is 4.29. The number of aliphatic hydroxyl groups is 1. The van der Waals surface area contributed by atoms with Crippen LogP contribution in [0.25, 0.3) is 0 Å². The maximum absolute atomic E-state index is 9.72. The lowest BCUT2D eigenvalue weighted by Crippen LogP contribution is -2.43. The average molecular weight is 385 g/mol. The molecule has 0 aliphatic rings. The van der Waals surface area contributed by atoms with Crippen molar-refractivity contribution in [2.45, 2.75) is 71.2 Å². The first-order chi connectivity index (χ1) is 11.8. The molecular formula is C19H32O6Si. The summed E-state index contributed by atoms with van der Waals surface area (Å²) in [6.45, 7) is 13.6. The molecule has 0 bridgehead atoms. The molecule has 1 rings (SSSR count). The van der Waals surface area contributed by atoms with Crippen LogP contribution in [0.3, 0.4) is 0 Å². The van der Waals surface area contributed by atoms with Gasteiger partial charge in [0.2, 0.25) is 8.32 Å². The third-order valence-corrected chi connectivity index (χ3v) is 8.65. The molecule has 1 aromatic carbocycles. The first kappa shape index (κ1) is 24.1. The molecule has 6 nitrogen and oxygen atoms in total. The molecule has 0 saturated carbocycles. The van der Waals surface area contributed by atoms with Crippen molar-refractivity contribution in [2.75, 3.05) is 0 Å². The molecule has 0 aromatic heterocycles. The van der Waals surface area contributed by atoms with E-state index in [2.05, 4.69) is 65.1 Å². The number of aliphatic hydroxyl groups excluding tert-OH is 1. The lowest BCUT2D eigenvalue weighted by molar-refractivity contribution is -0.152. The van der Waals surface area contributed by atoms with Gasteiger partial charge in [-0.3, -0.25) is 4.79 Å². The average Bonchev–Trinajstić information content (AvgIpc) is 2.48. The second-order valence-electron chi connectivity index (χ2n) is 7.71. The number of aryl methyl sites for hydroxylation is 1. The number of carboxylic acid groups (broad SMARTS) is 2. The minimum Gasteiger partial charge on any atom is -0.544 e. The van der Waals surface area contributed by atoms with E-state index in [1.54, 1.807) is 0 Å². The molecule has 0 amide bonds. The Bertz CT molecular complexity index is 575. The lowest BCUT2D eigenvalue weighted by atomic mass is 10.1. The zero-order valence-corrected chi connectivity index (χ0v) is 17.6. The van der Waals surface area contributed by atoms with Gasteiger partial charge in [0.1, 0.15) is 5.75 Å². The summed E-state index contributed by atoms with van der Waals surface area (Å²) in [7, 11) is -1.68. The van der Waals surface area contributed by atoms with Crippen molar-refractivity contribution in [1.82, 2.24) is 0 Å². The molecular weight excluding hydrogens is 352 g/mol. The van der Waals surface area contributed by atoms with Gasteiger partial charge in [0.05, 0.1) is 6.42 Å². The van der Waals surface area contributed by atoms with Crippen LogP contribution >= 0.6 is 0 Å². The Balaban J connectivity index is 0.000000590. The van der Waals surface area contributed by atoms with E-state index >= 15 is 0 Å². The standard InChI is InChI=1S/C15H26OSi.C4H6O5/c1-7-8-13-9-11-14(12-10-13)16-17(5,6)15(2,3)4;5-2(4(8)9)1-3(6)7/h9-12H,7-8H2,1-6H3;2,5H,1H2,(H,6,7)(H,8,9). The van der Waals surface area contributed by atoms with E-state index < -0.39 is 32.8 Å². The lowest BCUT2D eigenvalue weighted by Gasteiger charge is -2.36. The van der Waals surface area contributed by atoms with E-state index in [1.165, 1.54) is 12.0 Å². The minimum atomic E-state index is -1.79. The molecule has 26 heavy (non-hydrogen) atoms. The van der Waals surface area contributed by atoms with Crippen LogP contribution in [0.2, 0.25) is 18.1 Å². The SMILES string of the molecule is CCCc1ccc(O[Si](C)(C)C(C)(C)C)cc1.O=C(O)CC(O)C(=O)O. The van der Waals surface area contributed by atoms with Crippen LogP contribution < -0.4 is 4.43 Å². The predicted molar refractivity (Wildman–Crippen MR) is 104 cm³/mol. The van der Waals surface area contributed by atoms with E-state index in [1.807, 2.05) is 0 Å². The summed E-state index contributed by atoms with van der Waals surface area (Å²) in [5.41, 5.74) is 1.40. The molecule has 148 valence electrons. The van der Waals surface area contributed by atoms with Gasteiger partial charge in [-0.2, -0.15) is 0 Å². The highest BCUT2D eigenvalue weighted by molar-refractivity contribution is 6.74. The summed E-state index contributed by atoms with van der Waals surface area (Å²) in [6.07, 6.45) is -0.194. The van der Waals surface area contributed by atoms with Gasteiger partial charge in [-0.25, -0.2) is 4.79 Å². The molecule has 0 saturated heterocycles. The van der Waals surface area contributed by atoms with Crippen molar-refractivity contribution in [3.05, 3.63) is 29.8 Å². The summed E-state index contributed by atoms with van der Waals surface area (Å²) in [4.78, 5) is 19.4. The highest BCUT2D eigenvalue weighted by atomic mass is 28.4. The molecule has 0 fully saturated rings. The molecule has 0 spiro atoms. The van der Waals surface area contributed by atoms with E-state index in [-0.39, 0.29) is 5.04 Å². The van der Waals surface area contributed by atoms with Crippen LogP contribution in [0, 0.1) is 0 Å². The monoisotopic (exact) mass is 384 g/mol. The molecule has 0 aliphatic heterocycles. The van der Waals surface area contributed by atoms with Gasteiger partial charge in [0.25, 0.3) is 0 Å². The summed E-state index contributed by atoms with van der Waals surface area (Å²) in [5, 5.41) is 24.4. The number of hydrogen-bond acceptors (Lipinski definition) is 4. The first-order valence-electron chi connectivity index (χ1n) is 8.70. The van der Waals surface area contributed by atoms with Crippen LogP contribution in [0.5, 0.6) is 5.75 Å². The number of carbonyl (C=O) groups is 2. The van der Waals surface area contributed by atoms with Crippen molar-refractivity contribution >= 4 is 20.3 Å². The highest BCUT2D eigenvalue weighted by Gasteiger charge is 2.38. The van der Waals surface area contributed by atoms with E-state index in [9.17, 15) is 9.59 Å². The smallest absolute Gasteiger partial charge is 0.333 e.